The number of hydrogen-bond donors (Lipinski definition) is 2. The fourth-order valence-electron chi connectivity index (χ4n) is 1.97. The molecule has 0 saturated carbocycles. The molecule has 0 amide bonds. The summed E-state index contributed by atoms with van der Waals surface area (Å²) in [4.78, 5) is 0. The average molecular weight is 431 g/mol. The summed E-state index contributed by atoms with van der Waals surface area (Å²) in [6.45, 7) is 22.1. The van der Waals surface area contributed by atoms with Crippen molar-refractivity contribution in [1.82, 2.24) is 6.15 Å². The first-order valence-corrected chi connectivity index (χ1v) is 8.98. The lowest BCUT2D eigenvalue weighted by Gasteiger charge is -2.10. The zero-order chi connectivity index (χ0) is 20.1. The van der Waals surface area contributed by atoms with Gasteiger partial charge in [0.25, 0.3) is 0 Å². The van der Waals surface area contributed by atoms with Crippen molar-refractivity contribution in [3.8, 4) is 0 Å². The highest BCUT2D eigenvalue weighted by Gasteiger charge is 2.03. The van der Waals surface area contributed by atoms with E-state index in [-0.39, 0.29) is 35.9 Å². The minimum Gasteiger partial charge on any atom is -0.344 e. The van der Waals surface area contributed by atoms with E-state index in [4.69, 9.17) is 5.73 Å². The van der Waals surface area contributed by atoms with Crippen LogP contribution in [0.25, 0.3) is 11.1 Å². The number of allylic oxidation sites excluding steroid dienone is 3. The minimum absolute atomic E-state index is 0. The summed E-state index contributed by atoms with van der Waals surface area (Å²) >= 11 is 0. The lowest BCUT2D eigenvalue weighted by Crippen LogP contribution is -2.08. The maximum atomic E-state index is 5.61. The molecule has 0 saturated heterocycles. The molecule has 2 nitrogen and oxygen atoms in total. The van der Waals surface area contributed by atoms with Crippen molar-refractivity contribution >= 4 is 11.1 Å². The molecule has 0 bridgehead atoms. The Hall–Kier alpha value is -2.42. The van der Waals surface area contributed by atoms with Gasteiger partial charge in [0.05, 0.1) is 0 Å². The summed E-state index contributed by atoms with van der Waals surface area (Å²) < 4.78 is 0. The largest absolute Gasteiger partial charge is 0.344 e. The van der Waals surface area contributed by atoms with E-state index in [1.807, 2.05) is 45.9 Å². The van der Waals surface area contributed by atoms with Gasteiger partial charge < -0.3 is 11.9 Å². The van der Waals surface area contributed by atoms with E-state index in [1.165, 1.54) is 22.3 Å². The third-order valence-electron chi connectivity index (χ3n) is 3.57. The van der Waals surface area contributed by atoms with Gasteiger partial charge in [0, 0.05) is 0 Å². The Balaban J connectivity index is -0.0000000777. The molecule has 0 spiro atoms. The quantitative estimate of drug-likeness (QED) is 0.474. The van der Waals surface area contributed by atoms with E-state index >= 15 is 0 Å². The van der Waals surface area contributed by atoms with Gasteiger partial charge in [-0.3, -0.25) is 0 Å². The monoisotopic (exact) mass is 430 g/mol. The van der Waals surface area contributed by atoms with Gasteiger partial charge in [0.2, 0.25) is 0 Å². The lowest BCUT2D eigenvalue weighted by molar-refractivity contribution is 0.774. The molecule has 2 aromatic carbocycles. The van der Waals surface area contributed by atoms with Crippen molar-refractivity contribution in [3.05, 3.63) is 96.6 Å². The molecule has 2 rings (SSSR count). The lowest BCUT2D eigenvalue weighted by atomic mass is 9.97. The fraction of sp³-hybridized carbons (Fsp3) is 0.379. The van der Waals surface area contributed by atoms with Gasteiger partial charge in [-0.25, -0.2) is 0 Å². The Bertz CT molecular complexity index is 696. The molecule has 0 heterocycles. The highest BCUT2D eigenvalue weighted by Crippen LogP contribution is 2.19. The number of hydrogen-bond acceptors (Lipinski definition) is 2. The molecule has 0 aliphatic heterocycles. The molecule has 0 fully saturated rings. The first kappa shape index (κ1) is 42.6. The molecule has 31 heavy (non-hydrogen) atoms. The third kappa shape index (κ3) is 20.6. The molecule has 2 heteroatoms. The van der Waals surface area contributed by atoms with Gasteiger partial charge in [-0.2, -0.15) is 0 Å². The van der Waals surface area contributed by atoms with Crippen LogP contribution in [-0.4, -0.2) is 6.54 Å². The van der Waals surface area contributed by atoms with E-state index in [0.717, 1.165) is 11.1 Å². The molecule has 180 valence electrons. The van der Waals surface area contributed by atoms with Crippen LogP contribution >= 0.6 is 0 Å². The second-order valence-electron chi connectivity index (χ2n) is 6.90. The zero-order valence-electron chi connectivity index (χ0n) is 17.9. The Morgan fingerprint density at radius 1 is 0.742 bits per heavy atom. The van der Waals surface area contributed by atoms with Crippen LogP contribution in [0.3, 0.4) is 0 Å². The van der Waals surface area contributed by atoms with Crippen molar-refractivity contribution in [1.29, 1.82) is 0 Å². The fourth-order valence-corrected chi connectivity index (χ4v) is 1.97. The van der Waals surface area contributed by atoms with Crippen LogP contribution in [-0.2, 0) is 0 Å². The summed E-state index contributed by atoms with van der Waals surface area (Å²) in [6.07, 6.45) is 0. The molecule has 5 N–H and O–H groups in total. The van der Waals surface area contributed by atoms with Crippen LogP contribution in [0, 0.1) is 0 Å². The maximum Gasteiger partial charge on any atom is -0.00109 e. The Morgan fingerprint density at radius 2 is 1.13 bits per heavy atom. The second-order valence-corrected chi connectivity index (χ2v) is 6.90. The van der Waals surface area contributed by atoms with Gasteiger partial charge in [-0.15, -0.1) is 6.58 Å². The summed E-state index contributed by atoms with van der Waals surface area (Å²) in [5.41, 5.74) is 12.7. The predicted molar refractivity (Wildman–Crippen MR) is 152 cm³/mol. The van der Waals surface area contributed by atoms with Crippen molar-refractivity contribution < 1.29 is 0 Å². The van der Waals surface area contributed by atoms with Gasteiger partial charge in [-0.1, -0.05) is 121 Å². The third-order valence-corrected chi connectivity index (χ3v) is 3.57. The van der Waals surface area contributed by atoms with Gasteiger partial charge in [0.1, 0.15) is 0 Å². The van der Waals surface area contributed by atoms with Crippen LogP contribution in [0.1, 0.15) is 86.9 Å². The molecule has 1 unspecified atom stereocenters. The molecule has 0 aromatic heterocycles. The minimum atomic E-state index is 0. The zero-order valence-corrected chi connectivity index (χ0v) is 17.9. The van der Waals surface area contributed by atoms with Crippen LogP contribution < -0.4 is 11.9 Å². The summed E-state index contributed by atoms with van der Waals surface area (Å²) in [7, 11) is 0. The van der Waals surface area contributed by atoms with Crippen LogP contribution in [0.15, 0.2) is 79.9 Å². The van der Waals surface area contributed by atoms with E-state index in [1.54, 1.807) is 0 Å². The standard InChI is InChI=1S/C12H17N.C9H10.C4H8.4CH4.H3N/c1-9(2)11-5-4-6-12(7-11)10(3)8-13;1-8(2)9-6-4-3-5-7-9;1-4(2)3;;;;;/h4-7,10H,1,8,13H2,2-3H3;3-7H,1H2,2H3;1H2,2-3H3;4*1H4;1H3. The maximum absolute atomic E-state index is 5.61. The van der Waals surface area contributed by atoms with Gasteiger partial charge >= 0.3 is 0 Å². The van der Waals surface area contributed by atoms with Crippen molar-refractivity contribution in [2.24, 2.45) is 5.73 Å². The first-order valence-electron chi connectivity index (χ1n) is 8.98. The molecule has 0 aliphatic carbocycles. The summed E-state index contributed by atoms with van der Waals surface area (Å²) in [5.74, 6) is 0.430. The SMILES string of the molecule is C.C.C.C.C=C(C)C.C=C(C)c1cccc(C(C)CN)c1.C=C(C)c1ccccc1.N. The van der Waals surface area contributed by atoms with Crippen LogP contribution in [0.4, 0.5) is 0 Å². The van der Waals surface area contributed by atoms with Gasteiger partial charge in [0.15, 0.2) is 0 Å². The molecule has 0 radical (unpaired) electrons. The van der Waals surface area contributed by atoms with E-state index in [9.17, 15) is 0 Å². The van der Waals surface area contributed by atoms with Crippen LogP contribution in [0.5, 0.6) is 0 Å². The van der Waals surface area contributed by atoms with Gasteiger partial charge in [-0.05, 0) is 56.8 Å². The first-order chi connectivity index (χ1) is 12.2. The van der Waals surface area contributed by atoms with E-state index in [2.05, 4.69) is 63.1 Å². The Labute approximate surface area is 196 Å². The summed E-state index contributed by atoms with van der Waals surface area (Å²) in [6, 6.07) is 18.6. The molecule has 1 atom stereocenters. The highest BCUT2D eigenvalue weighted by molar-refractivity contribution is 5.62. The number of benzene rings is 2. The second kappa shape index (κ2) is 23.9. The summed E-state index contributed by atoms with van der Waals surface area (Å²) in [5, 5.41) is 0. The van der Waals surface area contributed by atoms with Crippen LogP contribution in [0.2, 0.25) is 0 Å². The molecular weight excluding hydrogens is 376 g/mol. The van der Waals surface area contributed by atoms with E-state index in [0.29, 0.717) is 12.5 Å². The highest BCUT2D eigenvalue weighted by atomic mass is 14.5. The number of nitrogens with two attached hydrogens (primary N) is 1. The van der Waals surface area contributed by atoms with Crippen molar-refractivity contribution in [2.45, 2.75) is 70.2 Å². The van der Waals surface area contributed by atoms with Crippen molar-refractivity contribution in [3.63, 3.8) is 0 Å². The smallest absolute Gasteiger partial charge is 0.00109 e. The Morgan fingerprint density at radius 3 is 1.45 bits per heavy atom. The number of rotatable bonds is 4. The average Bonchev–Trinajstić information content (AvgIpc) is 2.62. The Kier molecular flexibility index (Phi) is 32.8. The molecule has 0 aliphatic rings. The van der Waals surface area contributed by atoms with Crippen molar-refractivity contribution in [2.75, 3.05) is 6.54 Å². The van der Waals surface area contributed by atoms with E-state index < -0.39 is 0 Å². The normalized spacial score (nSPS) is 8.71. The molecule has 2 aromatic rings. The molecular formula is C29H54N2. The predicted octanol–water partition coefficient (Wildman–Crippen LogP) is 9.79. The topological polar surface area (TPSA) is 61.0 Å².